The van der Waals surface area contributed by atoms with E-state index in [1.807, 2.05) is 20.8 Å². The molecular formula is C15H19Cl2N3O4. The smallest absolute Gasteiger partial charge is 0.359 e. The van der Waals surface area contributed by atoms with Crippen molar-refractivity contribution in [1.29, 1.82) is 0 Å². The molecule has 132 valence electrons. The van der Waals surface area contributed by atoms with E-state index >= 15 is 0 Å². The Hall–Kier alpha value is -1.86. The monoisotopic (exact) mass is 375 g/mol. The number of aromatic nitrogens is 1. The zero-order valence-electron chi connectivity index (χ0n) is 13.9. The summed E-state index contributed by atoms with van der Waals surface area (Å²) in [5.41, 5.74) is -0.576. The van der Waals surface area contributed by atoms with Crippen molar-refractivity contribution in [3.63, 3.8) is 0 Å². The van der Waals surface area contributed by atoms with E-state index in [4.69, 9.17) is 27.9 Å². The molecule has 0 aliphatic rings. The molecule has 0 bridgehead atoms. The van der Waals surface area contributed by atoms with Crippen molar-refractivity contribution >= 4 is 41.0 Å². The fourth-order valence-electron chi connectivity index (χ4n) is 1.63. The van der Waals surface area contributed by atoms with Gasteiger partial charge in [-0.25, -0.2) is 9.78 Å². The van der Waals surface area contributed by atoms with Crippen molar-refractivity contribution in [3.8, 4) is 0 Å². The summed E-state index contributed by atoms with van der Waals surface area (Å²) in [5.74, 6) is -1.72. The number of rotatable bonds is 5. The molecule has 1 heterocycles. The lowest BCUT2D eigenvalue weighted by atomic mass is 10.1. The van der Waals surface area contributed by atoms with Crippen LogP contribution in [0.15, 0.2) is 12.1 Å². The summed E-state index contributed by atoms with van der Waals surface area (Å²) in [7, 11) is 1.43. The lowest BCUT2D eigenvalue weighted by Gasteiger charge is -2.23. The molecule has 1 aromatic rings. The lowest BCUT2D eigenvalue weighted by molar-refractivity contribution is -0.137. The van der Waals surface area contributed by atoms with Crippen molar-refractivity contribution in [2.45, 2.75) is 26.3 Å². The Morgan fingerprint density at radius 2 is 1.88 bits per heavy atom. The molecule has 0 atom stereocenters. The number of esters is 1. The summed E-state index contributed by atoms with van der Waals surface area (Å²) < 4.78 is 4.86. The standard InChI is InChI=1S/C15H19Cl2N3O4/c1-15(2,3)19-11(21)7-20(4)12(22)8-24-14(23)13-9(16)5-6-10(17)18-13/h5-6H,7-8H2,1-4H3,(H,19,21). The maximum absolute atomic E-state index is 11.9. The predicted molar refractivity (Wildman–Crippen MR) is 90.1 cm³/mol. The average Bonchev–Trinajstić information content (AvgIpc) is 2.44. The molecular weight excluding hydrogens is 357 g/mol. The zero-order chi connectivity index (χ0) is 18.5. The second-order valence-electron chi connectivity index (χ2n) is 6.09. The number of carbonyl (C=O) groups is 3. The van der Waals surface area contributed by atoms with Gasteiger partial charge in [0, 0.05) is 12.6 Å². The molecule has 0 radical (unpaired) electrons. The Balaban J connectivity index is 2.54. The van der Waals surface area contributed by atoms with Crippen LogP contribution in [0.1, 0.15) is 31.3 Å². The van der Waals surface area contributed by atoms with Crippen LogP contribution in [-0.2, 0) is 14.3 Å². The van der Waals surface area contributed by atoms with E-state index in [1.165, 1.54) is 19.2 Å². The van der Waals surface area contributed by atoms with E-state index in [0.717, 1.165) is 4.90 Å². The number of halogens is 2. The highest BCUT2D eigenvalue weighted by atomic mass is 35.5. The lowest BCUT2D eigenvalue weighted by Crippen LogP contribution is -2.46. The quantitative estimate of drug-likeness (QED) is 0.627. The van der Waals surface area contributed by atoms with Gasteiger partial charge in [-0.2, -0.15) is 0 Å². The SMILES string of the molecule is CN(CC(=O)NC(C)(C)C)C(=O)COC(=O)c1nc(Cl)ccc1Cl. The molecule has 1 aromatic heterocycles. The average molecular weight is 376 g/mol. The Kier molecular flexibility index (Phi) is 6.98. The maximum Gasteiger partial charge on any atom is 0.359 e. The minimum atomic E-state index is -0.872. The van der Waals surface area contributed by atoms with Crippen LogP contribution in [-0.4, -0.2) is 53.4 Å². The predicted octanol–water partition coefficient (Wildman–Crippen LogP) is 1.92. The number of likely N-dealkylation sites (N-methyl/N-ethyl adjacent to an activating group) is 1. The van der Waals surface area contributed by atoms with E-state index in [-0.39, 0.29) is 28.3 Å². The van der Waals surface area contributed by atoms with Gasteiger partial charge < -0.3 is 15.0 Å². The van der Waals surface area contributed by atoms with Crippen LogP contribution >= 0.6 is 23.2 Å². The summed E-state index contributed by atoms with van der Waals surface area (Å²) in [5, 5.41) is 2.87. The summed E-state index contributed by atoms with van der Waals surface area (Å²) >= 11 is 11.5. The second-order valence-corrected chi connectivity index (χ2v) is 6.88. The maximum atomic E-state index is 11.9. The van der Waals surface area contributed by atoms with Gasteiger partial charge in [0.1, 0.15) is 5.15 Å². The van der Waals surface area contributed by atoms with Crippen LogP contribution in [0.4, 0.5) is 0 Å². The Bertz CT molecular complexity index is 644. The molecule has 0 saturated carbocycles. The number of pyridine rings is 1. The molecule has 0 saturated heterocycles. The van der Waals surface area contributed by atoms with Gasteiger partial charge in [-0.05, 0) is 32.9 Å². The molecule has 2 amide bonds. The molecule has 1 N–H and O–H groups in total. The third kappa shape index (κ3) is 6.72. The molecule has 24 heavy (non-hydrogen) atoms. The Morgan fingerprint density at radius 1 is 1.25 bits per heavy atom. The van der Waals surface area contributed by atoms with Crippen molar-refractivity contribution < 1.29 is 19.1 Å². The number of hydrogen-bond donors (Lipinski definition) is 1. The van der Waals surface area contributed by atoms with E-state index in [1.54, 1.807) is 0 Å². The van der Waals surface area contributed by atoms with E-state index in [2.05, 4.69) is 10.3 Å². The highest BCUT2D eigenvalue weighted by Gasteiger charge is 2.20. The number of carbonyl (C=O) groups excluding carboxylic acids is 3. The van der Waals surface area contributed by atoms with E-state index < -0.39 is 24.0 Å². The first-order chi connectivity index (χ1) is 11.0. The van der Waals surface area contributed by atoms with Crippen LogP contribution in [0.2, 0.25) is 10.2 Å². The molecule has 1 rings (SSSR count). The summed E-state index contributed by atoms with van der Waals surface area (Å²) in [4.78, 5) is 40.5. The fourth-order valence-corrected chi connectivity index (χ4v) is 1.96. The number of amides is 2. The highest BCUT2D eigenvalue weighted by Crippen LogP contribution is 2.17. The minimum absolute atomic E-state index is 0.0646. The largest absolute Gasteiger partial charge is 0.451 e. The molecule has 0 spiro atoms. The topological polar surface area (TPSA) is 88.6 Å². The zero-order valence-corrected chi connectivity index (χ0v) is 15.4. The van der Waals surface area contributed by atoms with Gasteiger partial charge in [0.2, 0.25) is 5.91 Å². The van der Waals surface area contributed by atoms with E-state index in [0.29, 0.717) is 0 Å². The Labute approximate surface area is 150 Å². The molecule has 7 nitrogen and oxygen atoms in total. The third-order valence-corrected chi connectivity index (χ3v) is 3.17. The normalized spacial score (nSPS) is 10.9. The van der Waals surface area contributed by atoms with Gasteiger partial charge >= 0.3 is 5.97 Å². The van der Waals surface area contributed by atoms with Gasteiger partial charge in [0.15, 0.2) is 12.3 Å². The van der Waals surface area contributed by atoms with Crippen LogP contribution in [0.5, 0.6) is 0 Å². The van der Waals surface area contributed by atoms with Gasteiger partial charge in [0.25, 0.3) is 5.91 Å². The van der Waals surface area contributed by atoms with Gasteiger partial charge in [-0.3, -0.25) is 9.59 Å². The first kappa shape index (κ1) is 20.2. The number of hydrogen-bond acceptors (Lipinski definition) is 5. The van der Waals surface area contributed by atoms with Crippen LogP contribution in [0.3, 0.4) is 0 Å². The van der Waals surface area contributed by atoms with Crippen LogP contribution in [0.25, 0.3) is 0 Å². The highest BCUT2D eigenvalue weighted by molar-refractivity contribution is 6.34. The molecule has 0 aliphatic carbocycles. The molecule has 0 aromatic carbocycles. The second kappa shape index (κ2) is 8.30. The summed E-state index contributed by atoms with van der Waals surface area (Å²) in [6, 6.07) is 2.83. The number of ether oxygens (including phenoxy) is 1. The first-order valence-electron chi connectivity index (χ1n) is 7.04. The summed E-state index contributed by atoms with van der Waals surface area (Å²) in [6.45, 7) is 4.80. The van der Waals surface area contributed by atoms with Gasteiger partial charge in [0.05, 0.1) is 11.6 Å². The van der Waals surface area contributed by atoms with Gasteiger partial charge in [-0.15, -0.1) is 0 Å². The van der Waals surface area contributed by atoms with Gasteiger partial charge in [-0.1, -0.05) is 23.2 Å². The third-order valence-electron chi connectivity index (χ3n) is 2.65. The first-order valence-corrected chi connectivity index (χ1v) is 7.79. The number of nitrogens with one attached hydrogen (secondary N) is 1. The van der Waals surface area contributed by atoms with Crippen molar-refractivity contribution in [2.24, 2.45) is 0 Å². The summed E-state index contributed by atoms with van der Waals surface area (Å²) in [6.07, 6.45) is 0. The van der Waals surface area contributed by atoms with E-state index in [9.17, 15) is 14.4 Å². The number of nitrogens with zero attached hydrogens (tertiary/aromatic N) is 2. The molecule has 0 fully saturated rings. The molecule has 0 unspecified atom stereocenters. The van der Waals surface area contributed by atoms with Crippen molar-refractivity contribution in [1.82, 2.24) is 15.2 Å². The molecule has 9 heteroatoms. The van der Waals surface area contributed by atoms with Crippen molar-refractivity contribution in [2.75, 3.05) is 20.2 Å². The fraction of sp³-hybridized carbons (Fsp3) is 0.467. The van der Waals surface area contributed by atoms with Crippen molar-refractivity contribution in [3.05, 3.63) is 28.0 Å². The minimum Gasteiger partial charge on any atom is -0.451 e. The Morgan fingerprint density at radius 3 is 2.46 bits per heavy atom. The molecule has 0 aliphatic heterocycles. The van der Waals surface area contributed by atoms with Crippen LogP contribution < -0.4 is 5.32 Å². The van der Waals surface area contributed by atoms with Crippen LogP contribution in [0, 0.1) is 0 Å².